The number of nitrogens with zero attached hydrogens (tertiary/aromatic N) is 3. The van der Waals surface area contributed by atoms with Gasteiger partial charge in [-0.3, -0.25) is 4.90 Å². The Morgan fingerprint density at radius 1 is 1.37 bits per heavy atom. The Bertz CT molecular complexity index is 846. The number of aryl methyl sites for hydroxylation is 1. The van der Waals surface area contributed by atoms with E-state index in [2.05, 4.69) is 15.2 Å². The van der Waals surface area contributed by atoms with Crippen LogP contribution in [0.15, 0.2) is 27.9 Å². The molecule has 0 radical (unpaired) electrons. The first-order valence-corrected chi connectivity index (χ1v) is 10.1. The van der Waals surface area contributed by atoms with Gasteiger partial charge in [-0.2, -0.15) is 11.8 Å². The van der Waals surface area contributed by atoms with E-state index in [0.717, 1.165) is 24.6 Å². The Morgan fingerprint density at radius 3 is 2.70 bits per heavy atom. The second kappa shape index (κ2) is 8.97. The first-order valence-electron chi connectivity index (χ1n) is 8.21. The van der Waals surface area contributed by atoms with Gasteiger partial charge in [-0.25, -0.2) is 4.79 Å². The SMILES string of the molecule is Cc1onc(-c2c(Cl)cccc2Cl)c1C(=O)O/N=C(/N)CN1CCSCC1. The molecule has 7 nitrogen and oxygen atoms in total. The van der Waals surface area contributed by atoms with Crippen molar-refractivity contribution in [3.05, 3.63) is 39.6 Å². The Morgan fingerprint density at radius 2 is 2.04 bits per heavy atom. The van der Waals surface area contributed by atoms with Crippen LogP contribution in [0, 0.1) is 6.92 Å². The van der Waals surface area contributed by atoms with Crippen molar-refractivity contribution in [1.29, 1.82) is 0 Å². The molecule has 0 amide bonds. The second-order valence-corrected chi connectivity index (χ2v) is 7.95. The molecule has 144 valence electrons. The average molecular weight is 429 g/mol. The molecule has 0 saturated carbocycles. The van der Waals surface area contributed by atoms with Crippen molar-refractivity contribution in [1.82, 2.24) is 10.1 Å². The fraction of sp³-hybridized carbons (Fsp3) is 0.353. The van der Waals surface area contributed by atoms with Crippen molar-refractivity contribution in [2.24, 2.45) is 10.9 Å². The zero-order chi connectivity index (χ0) is 19.4. The molecule has 0 aliphatic carbocycles. The third-order valence-corrected chi connectivity index (χ3v) is 5.57. The van der Waals surface area contributed by atoms with Crippen molar-refractivity contribution in [3.8, 4) is 11.3 Å². The largest absolute Gasteiger partial charge is 0.383 e. The highest BCUT2D eigenvalue weighted by molar-refractivity contribution is 7.99. The Kier molecular flexibility index (Phi) is 6.64. The molecule has 27 heavy (non-hydrogen) atoms. The van der Waals surface area contributed by atoms with E-state index in [1.807, 2.05) is 11.8 Å². The summed E-state index contributed by atoms with van der Waals surface area (Å²) in [5.41, 5.74) is 6.59. The van der Waals surface area contributed by atoms with Crippen LogP contribution in [-0.4, -0.2) is 53.0 Å². The van der Waals surface area contributed by atoms with E-state index >= 15 is 0 Å². The highest BCUT2D eigenvalue weighted by atomic mass is 35.5. The smallest absolute Gasteiger partial charge is 0.371 e. The van der Waals surface area contributed by atoms with Crippen molar-refractivity contribution < 1.29 is 14.2 Å². The van der Waals surface area contributed by atoms with E-state index in [0.29, 0.717) is 22.2 Å². The maximum Gasteiger partial charge on any atom is 0.371 e. The topological polar surface area (TPSA) is 93.9 Å². The summed E-state index contributed by atoms with van der Waals surface area (Å²) in [4.78, 5) is 19.7. The third kappa shape index (κ3) is 4.76. The molecule has 2 aromatic rings. The molecular weight excluding hydrogens is 411 g/mol. The molecule has 0 unspecified atom stereocenters. The Balaban J connectivity index is 1.77. The lowest BCUT2D eigenvalue weighted by Crippen LogP contribution is -2.39. The van der Waals surface area contributed by atoms with Crippen LogP contribution in [0.3, 0.4) is 0 Å². The summed E-state index contributed by atoms with van der Waals surface area (Å²) in [6, 6.07) is 4.99. The normalized spacial score (nSPS) is 15.7. The summed E-state index contributed by atoms with van der Waals surface area (Å²) in [7, 11) is 0. The molecule has 0 bridgehead atoms. The predicted molar refractivity (Wildman–Crippen MR) is 107 cm³/mol. The molecule has 1 saturated heterocycles. The van der Waals surface area contributed by atoms with Gasteiger partial charge in [0.1, 0.15) is 17.0 Å². The lowest BCUT2D eigenvalue weighted by Gasteiger charge is -2.25. The van der Waals surface area contributed by atoms with Gasteiger partial charge in [-0.1, -0.05) is 39.6 Å². The number of halogens is 2. The van der Waals surface area contributed by atoms with E-state index in [-0.39, 0.29) is 22.9 Å². The van der Waals surface area contributed by atoms with Gasteiger partial charge in [-0.15, -0.1) is 0 Å². The number of oxime groups is 1. The maximum absolute atomic E-state index is 12.6. The fourth-order valence-corrected chi connectivity index (χ4v) is 4.23. The van der Waals surface area contributed by atoms with Gasteiger partial charge < -0.3 is 15.1 Å². The van der Waals surface area contributed by atoms with Gasteiger partial charge in [0.25, 0.3) is 0 Å². The molecule has 1 fully saturated rings. The first kappa shape index (κ1) is 20.0. The molecular formula is C17H18Cl2N4O3S. The zero-order valence-corrected chi connectivity index (χ0v) is 16.9. The molecule has 0 atom stereocenters. The third-order valence-electron chi connectivity index (χ3n) is 4.00. The number of carbonyl (C=O) groups is 1. The number of amidine groups is 1. The van der Waals surface area contributed by atoms with Crippen molar-refractivity contribution in [2.45, 2.75) is 6.92 Å². The number of hydrogen-bond acceptors (Lipinski definition) is 7. The number of hydrogen-bond donors (Lipinski definition) is 1. The van der Waals surface area contributed by atoms with Gasteiger partial charge in [-0.05, 0) is 19.1 Å². The number of nitrogens with two attached hydrogens (primary N) is 1. The van der Waals surface area contributed by atoms with Gasteiger partial charge in [0.2, 0.25) is 0 Å². The summed E-state index contributed by atoms with van der Waals surface area (Å²) in [6.45, 7) is 3.89. The predicted octanol–water partition coefficient (Wildman–Crippen LogP) is 3.43. The van der Waals surface area contributed by atoms with Gasteiger partial charge in [0.15, 0.2) is 5.84 Å². The van der Waals surface area contributed by atoms with Crippen LogP contribution in [0.25, 0.3) is 11.3 Å². The van der Waals surface area contributed by atoms with Crippen LogP contribution in [0.1, 0.15) is 16.1 Å². The van der Waals surface area contributed by atoms with Gasteiger partial charge in [0.05, 0.1) is 16.6 Å². The molecule has 1 aromatic carbocycles. The van der Waals surface area contributed by atoms with Crippen LogP contribution in [0.4, 0.5) is 0 Å². The van der Waals surface area contributed by atoms with E-state index in [1.54, 1.807) is 25.1 Å². The standard InChI is InChI=1S/C17H18Cl2N4O3S/c1-10-14(16(22-25-10)15-11(18)3-2-4-12(15)19)17(24)26-21-13(20)9-23-5-7-27-8-6-23/h2-4H,5-9H2,1H3,(H2,20,21). The molecule has 10 heteroatoms. The molecule has 2 heterocycles. The Hall–Kier alpha value is -1.74. The summed E-state index contributed by atoms with van der Waals surface area (Å²) in [5, 5.41) is 8.36. The molecule has 1 aromatic heterocycles. The molecule has 2 N–H and O–H groups in total. The van der Waals surface area contributed by atoms with Crippen LogP contribution in [0.2, 0.25) is 10.0 Å². The minimum absolute atomic E-state index is 0.107. The lowest BCUT2D eigenvalue weighted by molar-refractivity contribution is 0.0512. The molecule has 1 aliphatic rings. The zero-order valence-electron chi connectivity index (χ0n) is 14.6. The van der Waals surface area contributed by atoms with Crippen LogP contribution >= 0.6 is 35.0 Å². The highest BCUT2D eigenvalue weighted by Crippen LogP contribution is 2.36. The molecule has 3 rings (SSSR count). The maximum atomic E-state index is 12.6. The summed E-state index contributed by atoms with van der Waals surface area (Å²) in [5.74, 6) is 1.86. The number of thioether (sulfide) groups is 1. The van der Waals surface area contributed by atoms with Crippen LogP contribution < -0.4 is 5.73 Å². The van der Waals surface area contributed by atoms with E-state index in [9.17, 15) is 4.79 Å². The lowest BCUT2D eigenvalue weighted by atomic mass is 10.1. The van der Waals surface area contributed by atoms with E-state index < -0.39 is 5.97 Å². The summed E-state index contributed by atoms with van der Waals surface area (Å²) in [6.07, 6.45) is 0. The average Bonchev–Trinajstić information content (AvgIpc) is 3.02. The van der Waals surface area contributed by atoms with Crippen LogP contribution in [0.5, 0.6) is 0 Å². The van der Waals surface area contributed by atoms with Gasteiger partial charge >= 0.3 is 5.97 Å². The van der Waals surface area contributed by atoms with E-state index in [4.69, 9.17) is 38.3 Å². The summed E-state index contributed by atoms with van der Waals surface area (Å²) >= 11 is 14.3. The van der Waals surface area contributed by atoms with Crippen molar-refractivity contribution in [3.63, 3.8) is 0 Å². The van der Waals surface area contributed by atoms with Crippen LogP contribution in [-0.2, 0) is 4.84 Å². The van der Waals surface area contributed by atoms with Crippen molar-refractivity contribution >= 4 is 46.8 Å². The monoisotopic (exact) mass is 428 g/mol. The number of aromatic nitrogens is 1. The number of carbonyl (C=O) groups excluding carboxylic acids is 1. The van der Waals surface area contributed by atoms with Crippen molar-refractivity contribution in [2.75, 3.05) is 31.1 Å². The first-order chi connectivity index (χ1) is 13.0. The highest BCUT2D eigenvalue weighted by Gasteiger charge is 2.26. The van der Waals surface area contributed by atoms with Gasteiger partial charge in [0, 0.05) is 30.2 Å². The second-order valence-electron chi connectivity index (χ2n) is 5.91. The minimum atomic E-state index is -0.739. The number of benzene rings is 1. The quantitative estimate of drug-likeness (QED) is 0.337. The molecule has 0 spiro atoms. The molecule has 1 aliphatic heterocycles. The fourth-order valence-electron chi connectivity index (χ4n) is 2.67. The summed E-state index contributed by atoms with van der Waals surface area (Å²) < 4.78 is 5.15. The van der Waals surface area contributed by atoms with E-state index in [1.165, 1.54) is 0 Å². The number of rotatable bonds is 5. The Labute approximate surface area is 170 Å². The minimum Gasteiger partial charge on any atom is -0.383 e.